The van der Waals surface area contributed by atoms with Gasteiger partial charge in [0.2, 0.25) is 5.91 Å². The van der Waals surface area contributed by atoms with Gasteiger partial charge in [0.1, 0.15) is 5.75 Å². The second-order valence-electron chi connectivity index (χ2n) is 7.16. The number of carbonyl (C=O) groups is 1. The van der Waals surface area contributed by atoms with E-state index in [1.54, 1.807) is 7.11 Å². The summed E-state index contributed by atoms with van der Waals surface area (Å²) in [6.07, 6.45) is 6.30. The lowest BCUT2D eigenvalue weighted by Crippen LogP contribution is -2.51. The summed E-state index contributed by atoms with van der Waals surface area (Å²) in [4.78, 5) is 17.1. The zero-order valence-corrected chi connectivity index (χ0v) is 15.4. The van der Waals surface area contributed by atoms with Crippen molar-refractivity contribution in [1.29, 1.82) is 0 Å². The number of ether oxygens (including phenoxy) is 1. The largest absolute Gasteiger partial charge is 0.496 e. The molecule has 1 heterocycles. The van der Waals surface area contributed by atoms with Gasteiger partial charge in [0.15, 0.2) is 0 Å². The predicted molar refractivity (Wildman–Crippen MR) is 100.0 cm³/mol. The summed E-state index contributed by atoms with van der Waals surface area (Å²) in [5, 5.41) is 3.05. The van der Waals surface area contributed by atoms with Crippen molar-refractivity contribution in [2.75, 3.05) is 46.4 Å². The van der Waals surface area contributed by atoms with Crippen LogP contribution >= 0.6 is 0 Å². The van der Waals surface area contributed by atoms with Crippen molar-refractivity contribution in [3.63, 3.8) is 0 Å². The summed E-state index contributed by atoms with van der Waals surface area (Å²) in [5.74, 6) is 1.02. The van der Waals surface area contributed by atoms with Crippen molar-refractivity contribution in [3.05, 3.63) is 29.8 Å². The molecule has 5 heteroatoms. The third-order valence-corrected chi connectivity index (χ3v) is 5.52. The van der Waals surface area contributed by atoms with Crippen molar-refractivity contribution in [2.45, 2.75) is 38.1 Å². The Morgan fingerprint density at radius 1 is 1.16 bits per heavy atom. The van der Waals surface area contributed by atoms with Crippen LogP contribution in [0.2, 0.25) is 0 Å². The lowest BCUT2D eigenvalue weighted by molar-refractivity contribution is -0.122. The SMILES string of the molecule is COc1ccccc1CCNC(=O)CN1CCN(C2CCCC2)CC1. The fourth-order valence-corrected chi connectivity index (χ4v) is 4.06. The molecule has 0 atom stereocenters. The molecule has 0 radical (unpaired) electrons. The van der Waals surface area contributed by atoms with Crippen LogP contribution in [0.3, 0.4) is 0 Å². The summed E-state index contributed by atoms with van der Waals surface area (Å²) in [6.45, 7) is 5.41. The maximum absolute atomic E-state index is 12.2. The van der Waals surface area contributed by atoms with Crippen LogP contribution in [0.1, 0.15) is 31.2 Å². The number of methoxy groups -OCH3 is 1. The van der Waals surface area contributed by atoms with Crippen LogP contribution in [-0.4, -0.2) is 68.1 Å². The van der Waals surface area contributed by atoms with Crippen LogP contribution in [-0.2, 0) is 11.2 Å². The van der Waals surface area contributed by atoms with Gasteiger partial charge in [0, 0.05) is 38.8 Å². The lowest BCUT2D eigenvalue weighted by Gasteiger charge is -2.37. The van der Waals surface area contributed by atoms with Crippen molar-refractivity contribution in [1.82, 2.24) is 15.1 Å². The van der Waals surface area contributed by atoms with E-state index in [9.17, 15) is 4.79 Å². The normalized spacial score (nSPS) is 19.9. The fraction of sp³-hybridized carbons (Fsp3) is 0.650. The molecule has 138 valence electrons. The van der Waals surface area contributed by atoms with E-state index in [0.29, 0.717) is 13.1 Å². The van der Waals surface area contributed by atoms with Gasteiger partial charge in [-0.3, -0.25) is 14.6 Å². The van der Waals surface area contributed by atoms with Gasteiger partial charge in [-0.1, -0.05) is 31.0 Å². The molecule has 1 aliphatic carbocycles. The average Bonchev–Trinajstić information content (AvgIpc) is 3.17. The topological polar surface area (TPSA) is 44.8 Å². The van der Waals surface area contributed by atoms with Gasteiger partial charge in [0.05, 0.1) is 13.7 Å². The summed E-state index contributed by atoms with van der Waals surface area (Å²) in [6, 6.07) is 8.78. The highest BCUT2D eigenvalue weighted by molar-refractivity contribution is 5.78. The van der Waals surface area contributed by atoms with E-state index in [0.717, 1.165) is 50.0 Å². The van der Waals surface area contributed by atoms with Crippen LogP contribution in [0, 0.1) is 0 Å². The van der Waals surface area contributed by atoms with Crippen molar-refractivity contribution >= 4 is 5.91 Å². The first-order valence-corrected chi connectivity index (χ1v) is 9.61. The summed E-state index contributed by atoms with van der Waals surface area (Å²) < 4.78 is 5.35. The van der Waals surface area contributed by atoms with Crippen molar-refractivity contribution < 1.29 is 9.53 Å². The predicted octanol–water partition coefficient (Wildman–Crippen LogP) is 1.91. The lowest BCUT2D eigenvalue weighted by atomic mass is 10.1. The molecule has 0 bridgehead atoms. The van der Waals surface area contributed by atoms with E-state index in [-0.39, 0.29) is 5.91 Å². The number of para-hydroxylation sites is 1. The number of piperazine rings is 1. The quantitative estimate of drug-likeness (QED) is 0.820. The first kappa shape index (κ1) is 18.2. The number of amides is 1. The highest BCUT2D eigenvalue weighted by Gasteiger charge is 2.26. The Hall–Kier alpha value is -1.59. The van der Waals surface area contributed by atoms with Crippen LogP contribution in [0.25, 0.3) is 0 Å². The molecule has 0 aromatic heterocycles. The highest BCUT2D eigenvalue weighted by atomic mass is 16.5. The molecule has 1 saturated heterocycles. The molecular formula is C20H31N3O2. The highest BCUT2D eigenvalue weighted by Crippen LogP contribution is 2.24. The molecule has 2 fully saturated rings. The third-order valence-electron chi connectivity index (χ3n) is 5.52. The van der Waals surface area contributed by atoms with E-state index < -0.39 is 0 Å². The van der Waals surface area contributed by atoms with Crippen molar-refractivity contribution in [2.24, 2.45) is 0 Å². The molecule has 5 nitrogen and oxygen atoms in total. The van der Waals surface area contributed by atoms with Gasteiger partial charge < -0.3 is 10.1 Å². The van der Waals surface area contributed by atoms with E-state index >= 15 is 0 Å². The molecule has 2 aliphatic rings. The van der Waals surface area contributed by atoms with E-state index in [4.69, 9.17) is 4.74 Å². The molecule has 1 saturated carbocycles. The van der Waals surface area contributed by atoms with Crippen LogP contribution in [0.4, 0.5) is 0 Å². The van der Waals surface area contributed by atoms with Crippen molar-refractivity contribution in [3.8, 4) is 5.75 Å². The number of hydrogen-bond acceptors (Lipinski definition) is 4. The Morgan fingerprint density at radius 3 is 2.60 bits per heavy atom. The molecule has 1 aromatic rings. The van der Waals surface area contributed by atoms with Gasteiger partial charge in [-0.15, -0.1) is 0 Å². The number of carbonyl (C=O) groups excluding carboxylic acids is 1. The zero-order chi connectivity index (χ0) is 17.5. The maximum atomic E-state index is 12.2. The molecule has 25 heavy (non-hydrogen) atoms. The number of hydrogen-bond donors (Lipinski definition) is 1. The van der Waals surface area contributed by atoms with E-state index in [1.807, 2.05) is 24.3 Å². The van der Waals surface area contributed by atoms with E-state index in [1.165, 1.54) is 25.7 Å². The molecule has 0 spiro atoms. The number of nitrogens with zero attached hydrogens (tertiary/aromatic N) is 2. The Morgan fingerprint density at radius 2 is 1.88 bits per heavy atom. The van der Waals surface area contributed by atoms with Gasteiger partial charge >= 0.3 is 0 Å². The first-order valence-electron chi connectivity index (χ1n) is 9.61. The van der Waals surface area contributed by atoms with Gasteiger partial charge in [0.25, 0.3) is 0 Å². The minimum Gasteiger partial charge on any atom is -0.496 e. The molecular weight excluding hydrogens is 314 g/mol. The maximum Gasteiger partial charge on any atom is 0.234 e. The fourth-order valence-electron chi connectivity index (χ4n) is 4.06. The van der Waals surface area contributed by atoms with E-state index in [2.05, 4.69) is 15.1 Å². The molecule has 1 aromatic carbocycles. The Bertz CT molecular complexity index is 550. The Labute approximate surface area is 151 Å². The molecule has 1 N–H and O–H groups in total. The Kier molecular flexibility index (Phi) is 6.70. The summed E-state index contributed by atoms with van der Waals surface area (Å²) >= 11 is 0. The standard InChI is InChI=1S/C20H31N3O2/c1-25-19-9-5-2-6-17(19)10-11-21-20(24)16-22-12-14-23(15-13-22)18-7-3-4-8-18/h2,5-6,9,18H,3-4,7-8,10-16H2,1H3,(H,21,24). The number of rotatable bonds is 7. The molecule has 1 aliphatic heterocycles. The van der Waals surface area contributed by atoms with Gasteiger partial charge in [-0.2, -0.15) is 0 Å². The molecule has 0 unspecified atom stereocenters. The second-order valence-corrected chi connectivity index (χ2v) is 7.16. The second kappa shape index (κ2) is 9.20. The third kappa shape index (κ3) is 5.19. The first-order chi connectivity index (χ1) is 12.3. The summed E-state index contributed by atoms with van der Waals surface area (Å²) in [7, 11) is 1.68. The zero-order valence-electron chi connectivity index (χ0n) is 15.4. The summed E-state index contributed by atoms with van der Waals surface area (Å²) in [5.41, 5.74) is 1.13. The minimum absolute atomic E-state index is 0.129. The minimum atomic E-state index is 0.129. The number of nitrogens with one attached hydrogen (secondary N) is 1. The van der Waals surface area contributed by atoms with Gasteiger partial charge in [-0.05, 0) is 30.9 Å². The monoisotopic (exact) mass is 345 g/mol. The van der Waals surface area contributed by atoms with Crippen LogP contribution in [0.15, 0.2) is 24.3 Å². The smallest absolute Gasteiger partial charge is 0.234 e. The molecule has 3 rings (SSSR count). The van der Waals surface area contributed by atoms with Crippen LogP contribution in [0.5, 0.6) is 5.75 Å². The van der Waals surface area contributed by atoms with Crippen LogP contribution < -0.4 is 10.1 Å². The average molecular weight is 345 g/mol. The Balaban J connectivity index is 1.34. The number of benzene rings is 1. The molecule has 1 amide bonds. The van der Waals surface area contributed by atoms with Gasteiger partial charge in [-0.25, -0.2) is 0 Å².